The average molecular weight is 443 g/mol. The van der Waals surface area contributed by atoms with E-state index in [1.165, 1.54) is 6.42 Å². The van der Waals surface area contributed by atoms with Crippen LogP contribution in [0.15, 0.2) is 29.6 Å². The SMILES string of the molecule is COc1cc2c(cc1OC)C(C(=O)N(C)C1CCCCC1)C(c1cccs1)N(C)C2=O. The fourth-order valence-corrected chi connectivity index (χ4v) is 5.90. The molecule has 0 N–H and O–H groups in total. The van der Waals surface area contributed by atoms with E-state index in [2.05, 4.69) is 0 Å². The summed E-state index contributed by atoms with van der Waals surface area (Å²) in [5, 5.41) is 1.99. The average Bonchev–Trinajstić information content (AvgIpc) is 3.34. The summed E-state index contributed by atoms with van der Waals surface area (Å²) < 4.78 is 11.0. The van der Waals surface area contributed by atoms with E-state index < -0.39 is 5.92 Å². The molecule has 1 fully saturated rings. The summed E-state index contributed by atoms with van der Waals surface area (Å²) in [4.78, 5) is 32.0. The number of fused-ring (bicyclic) bond motifs is 1. The molecule has 1 aliphatic heterocycles. The molecule has 2 unspecified atom stereocenters. The van der Waals surface area contributed by atoms with Crippen LogP contribution in [0.2, 0.25) is 0 Å². The number of nitrogens with zero attached hydrogens (tertiary/aromatic N) is 2. The number of methoxy groups -OCH3 is 2. The van der Waals surface area contributed by atoms with Crippen LogP contribution in [0.25, 0.3) is 0 Å². The van der Waals surface area contributed by atoms with Crippen LogP contribution in [0, 0.1) is 0 Å². The minimum atomic E-state index is -0.497. The predicted octanol–water partition coefficient (Wildman–Crippen LogP) is 4.47. The first-order chi connectivity index (χ1) is 15.0. The Bertz CT molecular complexity index is 953. The quantitative estimate of drug-likeness (QED) is 0.686. The van der Waals surface area contributed by atoms with Crippen molar-refractivity contribution in [3.05, 3.63) is 45.6 Å². The van der Waals surface area contributed by atoms with E-state index in [9.17, 15) is 9.59 Å². The highest BCUT2D eigenvalue weighted by molar-refractivity contribution is 7.10. The molecule has 2 aromatic rings. The van der Waals surface area contributed by atoms with Gasteiger partial charge in [0.15, 0.2) is 11.5 Å². The van der Waals surface area contributed by atoms with Crippen LogP contribution in [0.3, 0.4) is 0 Å². The largest absolute Gasteiger partial charge is 0.493 e. The highest BCUT2D eigenvalue weighted by Gasteiger charge is 2.45. The maximum absolute atomic E-state index is 14.0. The van der Waals surface area contributed by atoms with Crippen LogP contribution in [0.1, 0.15) is 64.9 Å². The van der Waals surface area contributed by atoms with Crippen molar-refractivity contribution in [1.82, 2.24) is 9.80 Å². The van der Waals surface area contributed by atoms with Crippen molar-refractivity contribution in [2.45, 2.75) is 50.1 Å². The topological polar surface area (TPSA) is 59.1 Å². The van der Waals surface area contributed by atoms with E-state index >= 15 is 0 Å². The normalized spacial score (nSPS) is 21.5. The molecule has 2 aliphatic rings. The summed E-state index contributed by atoms with van der Waals surface area (Å²) >= 11 is 1.58. The first-order valence-corrected chi connectivity index (χ1v) is 11.7. The Morgan fingerprint density at radius 3 is 2.42 bits per heavy atom. The number of thiophene rings is 1. The number of carbonyl (C=O) groups is 2. The van der Waals surface area contributed by atoms with Crippen LogP contribution < -0.4 is 9.47 Å². The molecule has 1 saturated carbocycles. The van der Waals surface area contributed by atoms with E-state index in [4.69, 9.17) is 9.47 Å². The lowest BCUT2D eigenvalue weighted by Gasteiger charge is -2.42. The number of hydrogen-bond acceptors (Lipinski definition) is 5. The standard InChI is InChI=1S/C24H30N2O4S/c1-25(15-9-6-5-7-10-15)24(28)21-16-13-18(29-3)19(30-4)14-17(16)23(27)26(2)22(21)20-11-8-12-31-20/h8,11-15,21-22H,5-7,9-10H2,1-4H3. The Kier molecular flexibility index (Phi) is 6.23. The van der Waals surface area contributed by atoms with Crippen molar-refractivity contribution < 1.29 is 19.1 Å². The van der Waals surface area contributed by atoms with Crippen LogP contribution in [0.4, 0.5) is 0 Å². The smallest absolute Gasteiger partial charge is 0.254 e. The van der Waals surface area contributed by atoms with Gasteiger partial charge in [-0.15, -0.1) is 11.3 Å². The number of likely N-dealkylation sites (N-methyl/N-ethyl adjacent to an activating group) is 2. The van der Waals surface area contributed by atoms with Gasteiger partial charge >= 0.3 is 0 Å². The Hall–Kier alpha value is -2.54. The van der Waals surface area contributed by atoms with Gasteiger partial charge in [0.1, 0.15) is 0 Å². The zero-order valence-corrected chi connectivity index (χ0v) is 19.4. The van der Waals surface area contributed by atoms with Crippen molar-refractivity contribution >= 4 is 23.2 Å². The Morgan fingerprint density at radius 1 is 1.13 bits per heavy atom. The van der Waals surface area contributed by atoms with Gasteiger partial charge in [-0.05, 0) is 42.0 Å². The van der Waals surface area contributed by atoms with E-state index in [0.29, 0.717) is 22.6 Å². The molecule has 2 atom stereocenters. The molecule has 0 spiro atoms. The molecular weight excluding hydrogens is 412 g/mol. The Labute approximate surface area is 187 Å². The summed E-state index contributed by atoms with van der Waals surface area (Å²) in [7, 11) is 6.83. The third-order valence-electron chi connectivity index (χ3n) is 6.75. The van der Waals surface area contributed by atoms with Gasteiger partial charge in [-0.2, -0.15) is 0 Å². The molecule has 0 saturated heterocycles. The predicted molar refractivity (Wildman–Crippen MR) is 121 cm³/mol. The molecule has 1 aliphatic carbocycles. The van der Waals surface area contributed by atoms with Crippen LogP contribution in [-0.4, -0.2) is 56.0 Å². The zero-order valence-electron chi connectivity index (χ0n) is 18.6. The third kappa shape index (κ3) is 3.80. The summed E-state index contributed by atoms with van der Waals surface area (Å²) in [5.41, 5.74) is 1.22. The Balaban J connectivity index is 1.84. The zero-order chi connectivity index (χ0) is 22.1. The lowest BCUT2D eigenvalue weighted by Crippen LogP contribution is -2.48. The minimum absolute atomic E-state index is 0.0538. The molecule has 6 nitrogen and oxygen atoms in total. The molecule has 0 bridgehead atoms. The molecule has 2 heterocycles. The second-order valence-electron chi connectivity index (χ2n) is 8.39. The van der Waals surface area contributed by atoms with E-state index in [1.807, 2.05) is 35.5 Å². The van der Waals surface area contributed by atoms with Gasteiger partial charge in [-0.3, -0.25) is 9.59 Å². The first kappa shape index (κ1) is 21.7. The van der Waals surface area contributed by atoms with Gasteiger partial charge in [0.2, 0.25) is 5.91 Å². The van der Waals surface area contributed by atoms with Crippen LogP contribution >= 0.6 is 11.3 Å². The maximum Gasteiger partial charge on any atom is 0.254 e. The highest BCUT2D eigenvalue weighted by Crippen LogP contribution is 2.47. The third-order valence-corrected chi connectivity index (χ3v) is 7.69. The summed E-state index contributed by atoms with van der Waals surface area (Å²) in [5.74, 6) is 0.464. The molecule has 2 amide bonds. The lowest BCUT2D eigenvalue weighted by molar-refractivity contribution is -0.135. The molecular formula is C24H30N2O4S. The minimum Gasteiger partial charge on any atom is -0.493 e. The first-order valence-electron chi connectivity index (χ1n) is 10.8. The molecule has 31 heavy (non-hydrogen) atoms. The number of amides is 2. The molecule has 166 valence electrons. The van der Waals surface area contributed by atoms with Crippen molar-refractivity contribution in [1.29, 1.82) is 0 Å². The number of ether oxygens (including phenoxy) is 2. The lowest BCUT2D eigenvalue weighted by atomic mass is 9.80. The van der Waals surface area contributed by atoms with Gasteiger partial charge in [-0.25, -0.2) is 0 Å². The van der Waals surface area contributed by atoms with E-state index in [0.717, 1.165) is 30.6 Å². The fraction of sp³-hybridized carbons (Fsp3) is 0.500. The van der Waals surface area contributed by atoms with Gasteiger partial charge < -0.3 is 19.3 Å². The summed E-state index contributed by atoms with van der Waals surface area (Å²) in [6, 6.07) is 7.39. The molecule has 1 aromatic carbocycles. The van der Waals surface area contributed by atoms with Crippen molar-refractivity contribution in [2.24, 2.45) is 0 Å². The van der Waals surface area contributed by atoms with E-state index in [-0.39, 0.29) is 23.9 Å². The van der Waals surface area contributed by atoms with Crippen LogP contribution in [0.5, 0.6) is 11.5 Å². The molecule has 0 radical (unpaired) electrons. The van der Waals surface area contributed by atoms with Crippen molar-refractivity contribution in [3.8, 4) is 11.5 Å². The summed E-state index contributed by atoms with van der Waals surface area (Å²) in [6.45, 7) is 0. The maximum atomic E-state index is 14.0. The van der Waals surface area contributed by atoms with Crippen LogP contribution in [-0.2, 0) is 4.79 Å². The molecule has 4 rings (SSSR count). The fourth-order valence-electron chi connectivity index (χ4n) is 5.00. The van der Waals surface area contributed by atoms with Gasteiger partial charge in [0.05, 0.1) is 26.2 Å². The number of rotatable bonds is 5. The van der Waals surface area contributed by atoms with Gasteiger partial charge in [-0.1, -0.05) is 25.3 Å². The number of carbonyl (C=O) groups excluding carboxylic acids is 2. The molecule has 7 heteroatoms. The Morgan fingerprint density at radius 2 is 1.81 bits per heavy atom. The second-order valence-corrected chi connectivity index (χ2v) is 9.37. The molecule has 1 aromatic heterocycles. The van der Waals surface area contributed by atoms with Gasteiger partial charge in [0, 0.05) is 30.6 Å². The summed E-state index contributed by atoms with van der Waals surface area (Å²) in [6.07, 6.45) is 5.61. The second kappa shape index (κ2) is 8.91. The monoisotopic (exact) mass is 442 g/mol. The number of benzene rings is 1. The van der Waals surface area contributed by atoms with Gasteiger partial charge in [0.25, 0.3) is 5.91 Å². The number of hydrogen-bond donors (Lipinski definition) is 0. The highest BCUT2D eigenvalue weighted by atomic mass is 32.1. The van der Waals surface area contributed by atoms with Crippen molar-refractivity contribution in [2.75, 3.05) is 28.3 Å². The van der Waals surface area contributed by atoms with E-state index in [1.54, 1.807) is 43.6 Å². The van der Waals surface area contributed by atoms with Crippen molar-refractivity contribution in [3.63, 3.8) is 0 Å².